The summed E-state index contributed by atoms with van der Waals surface area (Å²) in [5, 5.41) is 11.2. The Kier molecular flexibility index (Phi) is 5.12. The van der Waals surface area contributed by atoms with Crippen molar-refractivity contribution in [3.05, 3.63) is 35.4 Å². The van der Waals surface area contributed by atoms with Gasteiger partial charge in [0.2, 0.25) is 5.91 Å². The number of nitrogens with one attached hydrogen (secondary N) is 1. The van der Waals surface area contributed by atoms with E-state index in [1.54, 1.807) is 0 Å². The Hall–Kier alpha value is -1.88. The molecule has 0 aromatic heterocycles. The van der Waals surface area contributed by atoms with Gasteiger partial charge in [0.05, 0.1) is 6.61 Å². The summed E-state index contributed by atoms with van der Waals surface area (Å²) in [6, 6.07) is 8.21. The third-order valence-electron chi connectivity index (χ3n) is 3.49. The zero-order chi connectivity index (χ0) is 14.4. The van der Waals surface area contributed by atoms with Gasteiger partial charge in [0.1, 0.15) is 6.61 Å². The predicted octanol–water partition coefficient (Wildman–Crippen LogP) is 1.01. The minimum atomic E-state index is -1.000. The Morgan fingerprint density at radius 3 is 2.80 bits per heavy atom. The Morgan fingerprint density at radius 2 is 2.05 bits per heavy atom. The number of carbonyl (C=O) groups excluding carboxylic acids is 1. The molecule has 1 aliphatic carbocycles. The molecule has 1 unspecified atom stereocenters. The number of amides is 1. The number of aryl methyl sites for hydroxylation is 1. The van der Waals surface area contributed by atoms with E-state index in [1.165, 1.54) is 11.1 Å². The van der Waals surface area contributed by atoms with Crippen molar-refractivity contribution in [3.63, 3.8) is 0 Å². The summed E-state index contributed by atoms with van der Waals surface area (Å²) in [7, 11) is 0. The summed E-state index contributed by atoms with van der Waals surface area (Å²) in [4.78, 5) is 22.3. The second-order valence-electron chi connectivity index (χ2n) is 4.95. The van der Waals surface area contributed by atoms with Crippen molar-refractivity contribution in [3.8, 4) is 0 Å². The quantitative estimate of drug-likeness (QED) is 0.761. The molecule has 0 saturated carbocycles. The summed E-state index contributed by atoms with van der Waals surface area (Å²) in [6.07, 6.45) is 2.57. The fourth-order valence-corrected chi connectivity index (χ4v) is 2.47. The highest BCUT2D eigenvalue weighted by Crippen LogP contribution is 2.25. The van der Waals surface area contributed by atoms with E-state index < -0.39 is 5.97 Å². The zero-order valence-corrected chi connectivity index (χ0v) is 11.3. The van der Waals surface area contributed by atoms with Crippen LogP contribution in [0.15, 0.2) is 24.3 Å². The Morgan fingerprint density at radius 1 is 1.30 bits per heavy atom. The number of rotatable bonds is 6. The molecule has 0 aliphatic heterocycles. The maximum Gasteiger partial charge on any atom is 0.329 e. The zero-order valence-electron chi connectivity index (χ0n) is 11.3. The minimum Gasteiger partial charge on any atom is -0.480 e. The number of aliphatic carboxylic acids is 1. The largest absolute Gasteiger partial charge is 0.480 e. The third kappa shape index (κ3) is 4.06. The molecule has 1 amide bonds. The molecule has 0 heterocycles. The van der Waals surface area contributed by atoms with Gasteiger partial charge in [-0.05, 0) is 30.4 Å². The molecule has 0 fully saturated rings. The van der Waals surface area contributed by atoms with Gasteiger partial charge in [-0.3, -0.25) is 4.79 Å². The summed E-state index contributed by atoms with van der Waals surface area (Å²) < 4.78 is 4.87. The van der Waals surface area contributed by atoms with Crippen LogP contribution in [-0.2, 0) is 27.2 Å². The summed E-state index contributed by atoms with van der Waals surface area (Å²) >= 11 is 0. The molecule has 0 spiro atoms. The van der Waals surface area contributed by atoms with E-state index in [-0.39, 0.29) is 25.0 Å². The van der Waals surface area contributed by atoms with E-state index in [1.807, 2.05) is 12.1 Å². The number of carboxylic acid groups (broad SMARTS) is 1. The van der Waals surface area contributed by atoms with Gasteiger partial charge in [-0.25, -0.2) is 4.79 Å². The Labute approximate surface area is 117 Å². The lowest BCUT2D eigenvalue weighted by Crippen LogP contribution is -2.36. The minimum absolute atomic E-state index is 0.00405. The van der Waals surface area contributed by atoms with E-state index in [0.29, 0.717) is 6.54 Å². The van der Waals surface area contributed by atoms with Crippen LogP contribution in [-0.4, -0.2) is 36.7 Å². The first kappa shape index (κ1) is 14.5. The maximum atomic E-state index is 12.0. The van der Waals surface area contributed by atoms with Crippen LogP contribution < -0.4 is 5.32 Å². The topological polar surface area (TPSA) is 75.6 Å². The molecule has 5 nitrogen and oxygen atoms in total. The van der Waals surface area contributed by atoms with Crippen molar-refractivity contribution in [2.45, 2.75) is 19.3 Å². The van der Waals surface area contributed by atoms with E-state index >= 15 is 0 Å². The Bertz CT molecular complexity index is 487. The molecular weight excluding hydrogens is 258 g/mol. The standard InChI is InChI=1S/C15H19NO4/c17-14(18)10-20-8-7-16-15(19)13-6-5-11-3-1-2-4-12(11)9-13/h1-4,13H,5-10H2,(H,16,19)(H,17,18). The third-order valence-corrected chi connectivity index (χ3v) is 3.49. The van der Waals surface area contributed by atoms with Crippen molar-refractivity contribution < 1.29 is 19.4 Å². The highest BCUT2D eigenvalue weighted by Gasteiger charge is 2.23. The van der Waals surface area contributed by atoms with E-state index in [2.05, 4.69) is 17.4 Å². The van der Waals surface area contributed by atoms with Crippen LogP contribution in [0.5, 0.6) is 0 Å². The predicted molar refractivity (Wildman–Crippen MR) is 73.4 cm³/mol. The second kappa shape index (κ2) is 7.05. The molecule has 1 aliphatic rings. The van der Waals surface area contributed by atoms with Gasteiger partial charge >= 0.3 is 5.97 Å². The van der Waals surface area contributed by atoms with Crippen molar-refractivity contribution in [1.29, 1.82) is 0 Å². The lowest BCUT2D eigenvalue weighted by Gasteiger charge is -2.23. The van der Waals surface area contributed by atoms with Gasteiger partial charge in [0.15, 0.2) is 0 Å². The van der Waals surface area contributed by atoms with Gasteiger partial charge in [0.25, 0.3) is 0 Å². The average molecular weight is 277 g/mol. The molecule has 0 saturated heterocycles. The van der Waals surface area contributed by atoms with Crippen LogP contribution in [0.4, 0.5) is 0 Å². The molecule has 2 rings (SSSR count). The van der Waals surface area contributed by atoms with Gasteiger partial charge in [-0.2, -0.15) is 0 Å². The normalized spacial score (nSPS) is 17.3. The molecule has 20 heavy (non-hydrogen) atoms. The van der Waals surface area contributed by atoms with Crippen LogP contribution in [0, 0.1) is 5.92 Å². The number of benzene rings is 1. The van der Waals surface area contributed by atoms with Gasteiger partial charge in [0, 0.05) is 12.5 Å². The van der Waals surface area contributed by atoms with Crippen molar-refractivity contribution in [1.82, 2.24) is 5.32 Å². The van der Waals surface area contributed by atoms with E-state index in [9.17, 15) is 9.59 Å². The van der Waals surface area contributed by atoms with Crippen molar-refractivity contribution >= 4 is 11.9 Å². The fourth-order valence-electron chi connectivity index (χ4n) is 2.47. The number of carboxylic acids is 1. The Balaban J connectivity index is 1.73. The van der Waals surface area contributed by atoms with Crippen LogP contribution in [0.1, 0.15) is 17.5 Å². The van der Waals surface area contributed by atoms with Crippen LogP contribution in [0.3, 0.4) is 0 Å². The number of ether oxygens (including phenoxy) is 1. The maximum absolute atomic E-state index is 12.0. The number of fused-ring (bicyclic) bond motifs is 1. The van der Waals surface area contributed by atoms with Gasteiger partial charge < -0.3 is 15.2 Å². The lowest BCUT2D eigenvalue weighted by atomic mass is 9.83. The lowest BCUT2D eigenvalue weighted by molar-refractivity contribution is -0.142. The molecule has 0 bridgehead atoms. The molecule has 5 heteroatoms. The number of hydrogen-bond donors (Lipinski definition) is 2. The monoisotopic (exact) mass is 277 g/mol. The summed E-state index contributed by atoms with van der Waals surface area (Å²) in [6.45, 7) is 0.248. The molecule has 1 atom stereocenters. The first-order valence-electron chi connectivity index (χ1n) is 6.81. The summed E-state index contributed by atoms with van der Waals surface area (Å²) in [5.41, 5.74) is 2.59. The van der Waals surface area contributed by atoms with Crippen LogP contribution in [0.2, 0.25) is 0 Å². The van der Waals surface area contributed by atoms with Crippen LogP contribution >= 0.6 is 0 Å². The molecule has 1 aromatic rings. The van der Waals surface area contributed by atoms with Gasteiger partial charge in [-0.1, -0.05) is 24.3 Å². The smallest absolute Gasteiger partial charge is 0.329 e. The second-order valence-corrected chi connectivity index (χ2v) is 4.95. The first-order chi connectivity index (χ1) is 9.66. The van der Waals surface area contributed by atoms with Crippen molar-refractivity contribution in [2.75, 3.05) is 19.8 Å². The van der Waals surface area contributed by atoms with Crippen molar-refractivity contribution in [2.24, 2.45) is 5.92 Å². The SMILES string of the molecule is O=C(O)COCCNC(=O)C1CCc2ccccc2C1. The summed E-state index contributed by atoms with van der Waals surface area (Å²) in [5.74, 6) is -0.969. The highest BCUT2D eigenvalue weighted by atomic mass is 16.5. The average Bonchev–Trinajstić information content (AvgIpc) is 2.46. The van der Waals surface area contributed by atoms with Gasteiger partial charge in [-0.15, -0.1) is 0 Å². The van der Waals surface area contributed by atoms with Crippen LogP contribution in [0.25, 0.3) is 0 Å². The first-order valence-corrected chi connectivity index (χ1v) is 6.81. The molecule has 1 aromatic carbocycles. The number of hydrogen-bond acceptors (Lipinski definition) is 3. The highest BCUT2D eigenvalue weighted by molar-refractivity contribution is 5.79. The fraction of sp³-hybridized carbons (Fsp3) is 0.467. The molecule has 0 radical (unpaired) electrons. The number of carbonyl (C=O) groups is 2. The molecule has 2 N–H and O–H groups in total. The van der Waals surface area contributed by atoms with E-state index in [0.717, 1.165) is 19.3 Å². The molecular formula is C15H19NO4. The molecule has 108 valence electrons. The van der Waals surface area contributed by atoms with E-state index in [4.69, 9.17) is 9.84 Å².